The van der Waals surface area contributed by atoms with Crippen LogP contribution in [0.4, 0.5) is 0 Å². The second-order valence-electron chi connectivity index (χ2n) is 6.66. The van der Waals surface area contributed by atoms with Gasteiger partial charge in [-0.3, -0.25) is 0 Å². The van der Waals surface area contributed by atoms with Crippen LogP contribution in [0.25, 0.3) is 0 Å². The number of hydrogen-bond donors (Lipinski definition) is 0. The van der Waals surface area contributed by atoms with E-state index >= 15 is 0 Å². The number of benzene rings is 1. The maximum absolute atomic E-state index is 5.22. The molecule has 0 aliphatic heterocycles. The van der Waals surface area contributed by atoms with E-state index in [1.165, 1.54) is 82.6 Å². The molecule has 0 unspecified atom stereocenters. The van der Waals surface area contributed by atoms with Crippen LogP contribution in [0.15, 0.2) is 30.3 Å². The van der Waals surface area contributed by atoms with Crippen molar-refractivity contribution in [2.75, 3.05) is 6.61 Å². The lowest BCUT2D eigenvalue weighted by Crippen LogP contribution is -1.90. The van der Waals surface area contributed by atoms with Gasteiger partial charge in [-0.15, -0.1) is 0 Å². The van der Waals surface area contributed by atoms with Gasteiger partial charge in [0.15, 0.2) is 0 Å². The maximum Gasteiger partial charge on any atom is 0.0716 e. The molecule has 0 aliphatic carbocycles. The third-order valence-electron chi connectivity index (χ3n) is 4.27. The second kappa shape index (κ2) is 20.2. The highest BCUT2D eigenvalue weighted by Gasteiger charge is 1.91. The molecule has 140 valence electrons. The summed E-state index contributed by atoms with van der Waals surface area (Å²) in [4.78, 5) is 0. The molecule has 1 aromatic carbocycles. The van der Waals surface area contributed by atoms with Crippen molar-refractivity contribution in [3.8, 4) is 0 Å². The van der Waals surface area contributed by atoms with Crippen LogP contribution in [0.2, 0.25) is 0 Å². The van der Waals surface area contributed by atoms with Gasteiger partial charge in [0.1, 0.15) is 0 Å². The lowest BCUT2D eigenvalue weighted by molar-refractivity contribution is 0.134. The summed E-state index contributed by atoms with van der Waals surface area (Å²) in [6.45, 7) is 8.09. The Kier molecular flexibility index (Phi) is 19.5. The molecule has 0 spiro atoms. The highest BCUT2D eigenvalue weighted by atomic mass is 16.5. The molecule has 0 aromatic heterocycles. The Morgan fingerprint density at radius 1 is 0.583 bits per heavy atom. The predicted octanol–water partition coefficient (Wildman–Crippen LogP) is 7.93. The van der Waals surface area contributed by atoms with Crippen LogP contribution in [0, 0.1) is 0 Å². The Labute approximate surface area is 152 Å². The first-order chi connectivity index (χ1) is 11.8. The monoisotopic (exact) mass is 334 g/mol. The topological polar surface area (TPSA) is 9.23 Å². The largest absolute Gasteiger partial charge is 0.377 e. The van der Waals surface area contributed by atoms with E-state index in [0.29, 0.717) is 0 Å². The van der Waals surface area contributed by atoms with Gasteiger partial charge in [0.05, 0.1) is 6.61 Å². The van der Waals surface area contributed by atoms with Crippen molar-refractivity contribution in [1.82, 2.24) is 0 Å². The number of unbranched alkanes of at least 4 members (excludes halogenated alkanes) is 11. The maximum atomic E-state index is 5.22. The second-order valence-corrected chi connectivity index (χ2v) is 6.66. The van der Waals surface area contributed by atoms with Gasteiger partial charge in [0.25, 0.3) is 0 Å². The lowest BCUT2D eigenvalue weighted by Gasteiger charge is -2.01. The SMILES string of the molecule is CCCCCCCCCCCCCC.CCOCc1ccccc1. The molecule has 0 fully saturated rings. The van der Waals surface area contributed by atoms with E-state index in [1.807, 2.05) is 25.1 Å². The molecule has 24 heavy (non-hydrogen) atoms. The van der Waals surface area contributed by atoms with Gasteiger partial charge >= 0.3 is 0 Å². The number of hydrogen-bond acceptors (Lipinski definition) is 1. The minimum atomic E-state index is 0.733. The minimum absolute atomic E-state index is 0.733. The Bertz CT molecular complexity index is 308. The minimum Gasteiger partial charge on any atom is -0.377 e. The zero-order valence-corrected chi connectivity index (χ0v) is 16.7. The van der Waals surface area contributed by atoms with Crippen LogP contribution in [-0.4, -0.2) is 6.61 Å². The van der Waals surface area contributed by atoms with Gasteiger partial charge < -0.3 is 4.74 Å². The van der Waals surface area contributed by atoms with E-state index in [2.05, 4.69) is 26.0 Å². The number of ether oxygens (including phenoxy) is 1. The molecule has 0 radical (unpaired) electrons. The normalized spacial score (nSPS) is 10.3. The van der Waals surface area contributed by atoms with Crippen LogP contribution in [0.1, 0.15) is 103 Å². The smallest absolute Gasteiger partial charge is 0.0716 e. The molecule has 0 aliphatic rings. The number of rotatable bonds is 14. The van der Waals surface area contributed by atoms with Gasteiger partial charge in [0, 0.05) is 6.61 Å². The Balaban J connectivity index is 0.000000463. The zero-order valence-electron chi connectivity index (χ0n) is 16.7. The van der Waals surface area contributed by atoms with E-state index in [9.17, 15) is 0 Å². The third-order valence-corrected chi connectivity index (χ3v) is 4.27. The van der Waals surface area contributed by atoms with Gasteiger partial charge in [0.2, 0.25) is 0 Å². The van der Waals surface area contributed by atoms with Crippen molar-refractivity contribution in [3.05, 3.63) is 35.9 Å². The standard InChI is InChI=1S/C14H30.C9H12O/c1-3-5-7-9-11-13-14-12-10-8-6-4-2;1-2-10-8-9-6-4-3-5-7-9/h3-14H2,1-2H3;3-7H,2,8H2,1H3. The summed E-state index contributed by atoms with van der Waals surface area (Å²) in [5, 5.41) is 0. The van der Waals surface area contributed by atoms with E-state index in [4.69, 9.17) is 4.74 Å². The van der Waals surface area contributed by atoms with Crippen molar-refractivity contribution in [2.24, 2.45) is 0 Å². The first kappa shape index (κ1) is 23.2. The highest BCUT2D eigenvalue weighted by molar-refractivity contribution is 5.13. The van der Waals surface area contributed by atoms with Gasteiger partial charge in [-0.05, 0) is 12.5 Å². The fourth-order valence-corrected chi connectivity index (χ4v) is 2.71. The summed E-state index contributed by atoms with van der Waals surface area (Å²) >= 11 is 0. The molecule has 1 heteroatoms. The summed E-state index contributed by atoms with van der Waals surface area (Å²) in [6.07, 6.45) is 17.4. The molecule has 1 aromatic rings. The lowest BCUT2D eigenvalue weighted by atomic mass is 10.1. The quantitative estimate of drug-likeness (QED) is 0.314. The van der Waals surface area contributed by atoms with E-state index in [-0.39, 0.29) is 0 Å². The van der Waals surface area contributed by atoms with Gasteiger partial charge in [-0.1, -0.05) is 121 Å². The van der Waals surface area contributed by atoms with Crippen molar-refractivity contribution < 1.29 is 4.74 Å². The van der Waals surface area contributed by atoms with Crippen LogP contribution in [0.5, 0.6) is 0 Å². The molecule has 0 saturated heterocycles. The summed E-state index contributed by atoms with van der Waals surface area (Å²) in [6, 6.07) is 10.2. The predicted molar refractivity (Wildman–Crippen MR) is 109 cm³/mol. The Morgan fingerprint density at radius 3 is 1.38 bits per heavy atom. The molecule has 0 saturated carbocycles. The highest BCUT2D eigenvalue weighted by Crippen LogP contribution is 2.11. The van der Waals surface area contributed by atoms with Gasteiger partial charge in [-0.2, -0.15) is 0 Å². The van der Waals surface area contributed by atoms with Crippen LogP contribution in [-0.2, 0) is 11.3 Å². The molecular formula is C23H42O. The molecule has 0 bridgehead atoms. The van der Waals surface area contributed by atoms with Gasteiger partial charge in [-0.25, -0.2) is 0 Å². The molecule has 0 heterocycles. The summed E-state index contributed by atoms with van der Waals surface area (Å²) < 4.78 is 5.22. The summed E-state index contributed by atoms with van der Waals surface area (Å²) in [5.41, 5.74) is 1.24. The molecule has 0 atom stereocenters. The van der Waals surface area contributed by atoms with E-state index < -0.39 is 0 Å². The van der Waals surface area contributed by atoms with Crippen LogP contribution >= 0.6 is 0 Å². The van der Waals surface area contributed by atoms with Crippen LogP contribution in [0.3, 0.4) is 0 Å². The first-order valence-corrected chi connectivity index (χ1v) is 10.5. The zero-order chi connectivity index (χ0) is 17.7. The van der Waals surface area contributed by atoms with E-state index in [0.717, 1.165) is 13.2 Å². The molecule has 1 rings (SSSR count). The van der Waals surface area contributed by atoms with Crippen molar-refractivity contribution in [1.29, 1.82) is 0 Å². The van der Waals surface area contributed by atoms with E-state index in [1.54, 1.807) is 0 Å². The average Bonchev–Trinajstić information content (AvgIpc) is 2.63. The molecule has 0 N–H and O–H groups in total. The first-order valence-electron chi connectivity index (χ1n) is 10.5. The Hall–Kier alpha value is -0.820. The summed E-state index contributed by atoms with van der Waals surface area (Å²) in [7, 11) is 0. The summed E-state index contributed by atoms with van der Waals surface area (Å²) in [5.74, 6) is 0. The third kappa shape index (κ3) is 17.5. The van der Waals surface area contributed by atoms with Crippen LogP contribution < -0.4 is 0 Å². The average molecular weight is 335 g/mol. The van der Waals surface area contributed by atoms with Crippen molar-refractivity contribution in [3.63, 3.8) is 0 Å². The van der Waals surface area contributed by atoms with Crippen molar-refractivity contribution >= 4 is 0 Å². The molecule has 0 amide bonds. The Morgan fingerprint density at radius 2 is 1.00 bits per heavy atom. The molecule has 1 nitrogen and oxygen atoms in total. The fourth-order valence-electron chi connectivity index (χ4n) is 2.71. The molecular weight excluding hydrogens is 292 g/mol. The van der Waals surface area contributed by atoms with Crippen molar-refractivity contribution in [2.45, 2.75) is 104 Å². The fraction of sp³-hybridized carbons (Fsp3) is 0.739.